The second-order valence-corrected chi connectivity index (χ2v) is 9.86. The summed E-state index contributed by atoms with van der Waals surface area (Å²) in [6, 6.07) is 11.0. The van der Waals surface area contributed by atoms with Crippen LogP contribution in [-0.4, -0.2) is 40.3 Å². The predicted octanol–water partition coefficient (Wildman–Crippen LogP) is 3.31. The van der Waals surface area contributed by atoms with Crippen molar-refractivity contribution in [2.45, 2.75) is 11.8 Å². The van der Waals surface area contributed by atoms with Gasteiger partial charge in [0.25, 0.3) is 15.9 Å². The third kappa shape index (κ3) is 5.15. The van der Waals surface area contributed by atoms with Crippen molar-refractivity contribution in [2.24, 2.45) is 5.10 Å². The Morgan fingerprint density at radius 1 is 1.15 bits per heavy atom. The molecule has 33 heavy (non-hydrogen) atoms. The molecule has 0 unspecified atom stereocenters. The molecule has 0 bridgehead atoms. The molecule has 0 spiro atoms. The molecule has 0 saturated heterocycles. The molecule has 4 rings (SSSR count). The summed E-state index contributed by atoms with van der Waals surface area (Å²) in [5.41, 5.74) is 3.48. The molecule has 2 aromatic carbocycles. The maximum Gasteiger partial charge on any atom is 0.264 e. The van der Waals surface area contributed by atoms with E-state index in [2.05, 4.69) is 10.5 Å². The molecular weight excluding hydrogens is 469 g/mol. The van der Waals surface area contributed by atoms with E-state index in [-0.39, 0.29) is 10.6 Å². The first-order valence-corrected chi connectivity index (χ1v) is 12.2. The topological polar surface area (TPSA) is 97.3 Å². The molecule has 11 heteroatoms. The number of benzene rings is 2. The van der Waals surface area contributed by atoms with Gasteiger partial charge < -0.3 is 9.47 Å². The number of thiophene rings is 1. The van der Waals surface area contributed by atoms with Gasteiger partial charge in [0.05, 0.1) is 16.8 Å². The molecule has 1 aliphatic rings. The Hall–Kier alpha value is -3.44. The average Bonchev–Trinajstić information content (AvgIpc) is 3.22. The number of hydrogen-bond acceptors (Lipinski definition) is 7. The molecule has 1 aliphatic heterocycles. The summed E-state index contributed by atoms with van der Waals surface area (Å²) in [6.45, 7) is 2.01. The van der Waals surface area contributed by atoms with Gasteiger partial charge in [0.1, 0.15) is 25.6 Å². The average molecular weight is 490 g/mol. The van der Waals surface area contributed by atoms with Crippen LogP contribution in [0.3, 0.4) is 0 Å². The van der Waals surface area contributed by atoms with Crippen LogP contribution in [0, 0.1) is 12.7 Å². The van der Waals surface area contributed by atoms with Gasteiger partial charge in [0.2, 0.25) is 0 Å². The van der Waals surface area contributed by atoms with Crippen LogP contribution in [0.1, 0.15) is 10.4 Å². The lowest BCUT2D eigenvalue weighted by Gasteiger charge is -2.25. The molecule has 2 heterocycles. The smallest absolute Gasteiger partial charge is 0.264 e. The van der Waals surface area contributed by atoms with Crippen LogP contribution in [0.4, 0.5) is 10.1 Å². The van der Waals surface area contributed by atoms with E-state index in [1.807, 2.05) is 18.4 Å². The number of aryl methyl sites for hydroxylation is 1. The van der Waals surface area contributed by atoms with Crippen LogP contribution >= 0.6 is 11.3 Å². The molecule has 0 saturated carbocycles. The number of halogens is 1. The number of sulfonamides is 1. The number of amides is 1. The van der Waals surface area contributed by atoms with Crippen LogP contribution in [0.25, 0.3) is 0 Å². The van der Waals surface area contributed by atoms with E-state index < -0.39 is 28.3 Å². The molecule has 0 fully saturated rings. The number of carbonyl (C=O) groups excluding carboxylic acids is 1. The third-order valence-corrected chi connectivity index (χ3v) is 7.50. The number of ether oxygens (including phenoxy) is 2. The Morgan fingerprint density at radius 2 is 1.88 bits per heavy atom. The summed E-state index contributed by atoms with van der Waals surface area (Å²) < 4.78 is 52.2. The summed E-state index contributed by atoms with van der Waals surface area (Å²) >= 11 is 1.46. The van der Waals surface area contributed by atoms with Gasteiger partial charge in [-0.1, -0.05) is 0 Å². The summed E-state index contributed by atoms with van der Waals surface area (Å²) in [5.74, 6) is -0.465. The minimum Gasteiger partial charge on any atom is -0.486 e. The Bertz CT molecular complexity index is 1290. The Balaban J connectivity index is 1.60. The zero-order valence-corrected chi connectivity index (χ0v) is 19.2. The van der Waals surface area contributed by atoms with Crippen molar-refractivity contribution in [3.63, 3.8) is 0 Å². The molecule has 1 amide bonds. The van der Waals surface area contributed by atoms with Gasteiger partial charge >= 0.3 is 0 Å². The van der Waals surface area contributed by atoms with Gasteiger partial charge in [-0.05, 0) is 60.3 Å². The maximum atomic E-state index is 13.5. The lowest BCUT2D eigenvalue weighted by atomic mass is 10.3. The fourth-order valence-electron chi connectivity index (χ4n) is 3.08. The first-order valence-electron chi connectivity index (χ1n) is 9.88. The standard InChI is InChI=1S/C22H20FN3O5S2/c1-15-8-11-32-21(15)13-24-25-22(27)14-26(17-4-2-16(23)3-5-17)33(28,29)18-6-7-19-20(12-18)31-10-9-30-19/h2-8,11-13H,9-10,14H2,1H3,(H,25,27)/b24-13-. The predicted molar refractivity (Wildman–Crippen MR) is 123 cm³/mol. The molecule has 8 nitrogen and oxygen atoms in total. The summed E-state index contributed by atoms with van der Waals surface area (Å²) in [5, 5.41) is 5.81. The second kappa shape index (κ2) is 9.59. The first-order chi connectivity index (χ1) is 15.8. The SMILES string of the molecule is Cc1ccsc1/C=N\NC(=O)CN(c1ccc(F)cc1)S(=O)(=O)c1ccc2c(c1)OCCO2. The summed E-state index contributed by atoms with van der Waals surface area (Å²) in [6.07, 6.45) is 1.50. The fourth-order valence-corrected chi connectivity index (χ4v) is 5.30. The van der Waals surface area contributed by atoms with Crippen LogP contribution < -0.4 is 19.2 Å². The lowest BCUT2D eigenvalue weighted by molar-refractivity contribution is -0.119. The highest BCUT2D eigenvalue weighted by molar-refractivity contribution is 7.92. The zero-order chi connectivity index (χ0) is 23.4. The molecule has 172 valence electrons. The van der Waals surface area contributed by atoms with Gasteiger partial charge in [-0.15, -0.1) is 11.3 Å². The number of hydrogen-bond donors (Lipinski definition) is 1. The van der Waals surface area contributed by atoms with Crippen molar-refractivity contribution < 1.29 is 27.1 Å². The number of hydrazone groups is 1. The van der Waals surface area contributed by atoms with Crippen LogP contribution in [0.2, 0.25) is 0 Å². The molecule has 0 atom stereocenters. The number of nitrogens with one attached hydrogen (secondary N) is 1. The van der Waals surface area contributed by atoms with Gasteiger partial charge in [-0.25, -0.2) is 18.2 Å². The fraction of sp³-hybridized carbons (Fsp3) is 0.182. The monoisotopic (exact) mass is 489 g/mol. The minimum atomic E-state index is -4.21. The number of anilines is 1. The number of carbonyl (C=O) groups is 1. The van der Waals surface area contributed by atoms with Gasteiger partial charge in [0, 0.05) is 10.9 Å². The van der Waals surface area contributed by atoms with E-state index in [0.717, 1.165) is 26.9 Å². The third-order valence-electron chi connectivity index (χ3n) is 4.78. The Kier molecular flexibility index (Phi) is 6.61. The molecule has 3 aromatic rings. The normalized spacial score (nSPS) is 13.2. The zero-order valence-electron chi connectivity index (χ0n) is 17.5. The molecular formula is C22H20FN3O5S2. The highest BCUT2D eigenvalue weighted by Gasteiger charge is 2.29. The van der Waals surface area contributed by atoms with E-state index in [1.165, 1.54) is 47.9 Å². The van der Waals surface area contributed by atoms with Gasteiger partial charge in [-0.3, -0.25) is 9.10 Å². The molecule has 0 radical (unpaired) electrons. The number of fused-ring (bicyclic) bond motifs is 1. The van der Waals surface area contributed by atoms with Crippen molar-refractivity contribution in [3.8, 4) is 11.5 Å². The van der Waals surface area contributed by atoms with Crippen molar-refractivity contribution >= 4 is 39.2 Å². The van der Waals surface area contributed by atoms with Crippen molar-refractivity contribution in [1.29, 1.82) is 0 Å². The lowest BCUT2D eigenvalue weighted by Crippen LogP contribution is -2.39. The molecule has 1 aromatic heterocycles. The Labute approximate surface area is 194 Å². The van der Waals surface area contributed by atoms with E-state index in [4.69, 9.17) is 9.47 Å². The maximum absolute atomic E-state index is 13.5. The minimum absolute atomic E-state index is 0.0958. The van der Waals surface area contributed by atoms with E-state index in [1.54, 1.807) is 0 Å². The van der Waals surface area contributed by atoms with Crippen LogP contribution in [0.5, 0.6) is 11.5 Å². The van der Waals surface area contributed by atoms with E-state index in [9.17, 15) is 17.6 Å². The summed E-state index contributed by atoms with van der Waals surface area (Å²) in [4.78, 5) is 13.3. The largest absolute Gasteiger partial charge is 0.486 e. The van der Waals surface area contributed by atoms with Gasteiger partial charge in [-0.2, -0.15) is 5.10 Å². The van der Waals surface area contributed by atoms with Crippen molar-refractivity contribution in [1.82, 2.24) is 5.43 Å². The van der Waals surface area contributed by atoms with Crippen LogP contribution in [0.15, 0.2) is 63.9 Å². The number of rotatable bonds is 7. The Morgan fingerprint density at radius 3 is 2.58 bits per heavy atom. The summed E-state index contributed by atoms with van der Waals surface area (Å²) in [7, 11) is -4.21. The van der Waals surface area contributed by atoms with E-state index in [0.29, 0.717) is 24.7 Å². The van der Waals surface area contributed by atoms with Crippen LogP contribution in [-0.2, 0) is 14.8 Å². The quantitative estimate of drug-likeness (QED) is 0.406. The molecule has 0 aliphatic carbocycles. The first kappa shape index (κ1) is 22.7. The van der Waals surface area contributed by atoms with Crippen molar-refractivity contribution in [3.05, 3.63) is 70.2 Å². The number of nitrogens with zero attached hydrogens (tertiary/aromatic N) is 2. The van der Waals surface area contributed by atoms with E-state index >= 15 is 0 Å². The molecule has 1 N–H and O–H groups in total. The van der Waals surface area contributed by atoms with Gasteiger partial charge in [0.15, 0.2) is 11.5 Å². The second-order valence-electron chi connectivity index (χ2n) is 7.05. The highest BCUT2D eigenvalue weighted by atomic mass is 32.2. The van der Waals surface area contributed by atoms with Crippen molar-refractivity contribution in [2.75, 3.05) is 24.1 Å². The highest BCUT2D eigenvalue weighted by Crippen LogP contribution is 2.34.